The predicted molar refractivity (Wildman–Crippen MR) is 76.1 cm³/mol. The van der Waals surface area contributed by atoms with Crippen LogP contribution in [0.3, 0.4) is 0 Å². The van der Waals surface area contributed by atoms with E-state index in [9.17, 15) is 5.11 Å². The second-order valence-corrected chi connectivity index (χ2v) is 6.14. The van der Waals surface area contributed by atoms with E-state index in [1.165, 1.54) is 4.88 Å². The van der Waals surface area contributed by atoms with Crippen LogP contribution in [0.5, 0.6) is 0 Å². The first kappa shape index (κ1) is 13.8. The molecule has 0 aliphatic heterocycles. The molecule has 18 heavy (non-hydrogen) atoms. The first-order valence-electron chi connectivity index (χ1n) is 6.74. The second-order valence-electron chi connectivity index (χ2n) is 5.04. The van der Waals surface area contributed by atoms with Crippen molar-refractivity contribution in [2.45, 2.75) is 33.2 Å². The summed E-state index contributed by atoms with van der Waals surface area (Å²) in [4.78, 5) is 8.00. The molecule has 2 rings (SSSR count). The third-order valence-electron chi connectivity index (χ3n) is 3.67. The van der Waals surface area contributed by atoms with Crippen molar-refractivity contribution in [2.24, 2.45) is 5.41 Å². The van der Waals surface area contributed by atoms with Crippen molar-refractivity contribution in [1.29, 1.82) is 0 Å². The fraction of sp³-hybridized carbons (Fsp3) is 0.769. The van der Waals surface area contributed by atoms with Gasteiger partial charge in [-0.3, -0.25) is 0 Å². The Balaban J connectivity index is 1.79. The van der Waals surface area contributed by atoms with Crippen LogP contribution in [0.1, 0.15) is 31.6 Å². The van der Waals surface area contributed by atoms with Gasteiger partial charge in [0.05, 0.1) is 0 Å². The monoisotopic (exact) mass is 269 g/mol. The minimum absolute atomic E-state index is 0.187. The molecule has 1 heterocycles. The van der Waals surface area contributed by atoms with Gasteiger partial charge in [0.2, 0.25) is 0 Å². The van der Waals surface area contributed by atoms with E-state index in [0.717, 1.165) is 44.2 Å². The summed E-state index contributed by atoms with van der Waals surface area (Å²) in [5, 5.41) is 13.8. The van der Waals surface area contributed by atoms with Gasteiger partial charge in [-0.25, -0.2) is 4.98 Å². The van der Waals surface area contributed by atoms with Crippen LogP contribution < -0.4 is 10.2 Å². The number of hydrogen-bond acceptors (Lipinski definition) is 5. The number of aliphatic hydroxyl groups is 1. The first-order chi connectivity index (χ1) is 8.73. The Morgan fingerprint density at radius 3 is 2.72 bits per heavy atom. The molecule has 0 saturated heterocycles. The summed E-state index contributed by atoms with van der Waals surface area (Å²) in [6, 6.07) is 0. The number of hydrogen-bond donors (Lipinski definition) is 2. The minimum Gasteiger partial charge on any atom is -0.396 e. The van der Waals surface area contributed by atoms with Gasteiger partial charge in [0, 0.05) is 49.3 Å². The summed E-state index contributed by atoms with van der Waals surface area (Å²) < 4.78 is 0. The zero-order valence-electron chi connectivity index (χ0n) is 11.3. The third-order valence-corrected chi connectivity index (χ3v) is 4.73. The molecule has 1 aromatic rings. The SMILES string of the molecule is CCN(CC)c1ncc(CNCC2(CO)CC2)s1. The molecular formula is C13H23N3OS. The van der Waals surface area contributed by atoms with Crippen LogP contribution in [0.15, 0.2) is 6.20 Å². The Morgan fingerprint density at radius 2 is 2.17 bits per heavy atom. The van der Waals surface area contributed by atoms with Crippen LogP contribution in [-0.2, 0) is 6.54 Å². The van der Waals surface area contributed by atoms with Crippen LogP contribution in [0.2, 0.25) is 0 Å². The Kier molecular flexibility index (Phi) is 4.59. The van der Waals surface area contributed by atoms with Crippen LogP contribution in [-0.4, -0.2) is 36.3 Å². The van der Waals surface area contributed by atoms with E-state index in [1.807, 2.05) is 6.20 Å². The van der Waals surface area contributed by atoms with Gasteiger partial charge in [-0.15, -0.1) is 11.3 Å². The zero-order valence-corrected chi connectivity index (χ0v) is 12.1. The molecule has 102 valence electrons. The van der Waals surface area contributed by atoms with Gasteiger partial charge in [-0.05, 0) is 26.7 Å². The number of nitrogens with one attached hydrogen (secondary N) is 1. The lowest BCUT2D eigenvalue weighted by Crippen LogP contribution is -2.25. The third kappa shape index (κ3) is 3.22. The lowest BCUT2D eigenvalue weighted by molar-refractivity contribution is 0.207. The highest BCUT2D eigenvalue weighted by molar-refractivity contribution is 7.15. The van der Waals surface area contributed by atoms with Gasteiger partial charge in [-0.2, -0.15) is 0 Å². The zero-order chi connectivity index (χ0) is 13.0. The molecule has 1 aliphatic rings. The molecule has 1 aliphatic carbocycles. The van der Waals surface area contributed by atoms with Crippen LogP contribution in [0, 0.1) is 5.41 Å². The number of anilines is 1. The molecule has 1 saturated carbocycles. The number of thiazole rings is 1. The molecule has 2 N–H and O–H groups in total. The van der Waals surface area contributed by atoms with Gasteiger partial charge in [0.15, 0.2) is 5.13 Å². The van der Waals surface area contributed by atoms with Crippen molar-refractivity contribution in [2.75, 3.05) is 31.1 Å². The molecule has 0 unspecified atom stereocenters. The summed E-state index contributed by atoms with van der Waals surface area (Å²) in [6.45, 7) is 8.41. The van der Waals surface area contributed by atoms with Crippen LogP contribution >= 0.6 is 11.3 Å². The Bertz CT molecular complexity index is 372. The fourth-order valence-electron chi connectivity index (χ4n) is 2.04. The maximum atomic E-state index is 9.24. The number of aromatic nitrogens is 1. The highest BCUT2D eigenvalue weighted by Gasteiger charge is 2.41. The normalized spacial score (nSPS) is 16.8. The summed E-state index contributed by atoms with van der Waals surface area (Å²) in [5.41, 5.74) is 0.187. The predicted octanol–water partition coefficient (Wildman–Crippen LogP) is 1.85. The van der Waals surface area contributed by atoms with Crippen molar-refractivity contribution < 1.29 is 5.11 Å². The van der Waals surface area contributed by atoms with Crippen LogP contribution in [0.25, 0.3) is 0 Å². The molecule has 0 amide bonds. The minimum atomic E-state index is 0.187. The van der Waals surface area contributed by atoms with Gasteiger partial charge < -0.3 is 15.3 Å². The van der Waals surface area contributed by atoms with Gasteiger partial charge >= 0.3 is 0 Å². The lowest BCUT2D eigenvalue weighted by Gasteiger charge is -2.16. The molecule has 0 aromatic carbocycles. The van der Waals surface area contributed by atoms with E-state index in [-0.39, 0.29) is 5.41 Å². The maximum absolute atomic E-state index is 9.24. The van der Waals surface area contributed by atoms with Gasteiger partial charge in [-0.1, -0.05) is 0 Å². The number of rotatable bonds is 8. The van der Waals surface area contributed by atoms with Crippen molar-refractivity contribution in [1.82, 2.24) is 10.3 Å². The first-order valence-corrected chi connectivity index (χ1v) is 7.56. The quantitative estimate of drug-likeness (QED) is 0.756. The molecule has 1 fully saturated rings. The highest BCUT2D eigenvalue weighted by atomic mass is 32.1. The van der Waals surface area contributed by atoms with Crippen molar-refractivity contribution in [3.63, 3.8) is 0 Å². The summed E-state index contributed by atoms with van der Waals surface area (Å²) >= 11 is 1.76. The lowest BCUT2D eigenvalue weighted by atomic mass is 10.1. The molecule has 5 heteroatoms. The smallest absolute Gasteiger partial charge is 0.185 e. The number of aliphatic hydroxyl groups excluding tert-OH is 1. The average Bonchev–Trinajstić information content (AvgIpc) is 3.03. The van der Waals surface area contributed by atoms with E-state index in [0.29, 0.717) is 6.61 Å². The van der Waals surface area contributed by atoms with Crippen LogP contribution in [0.4, 0.5) is 5.13 Å². The van der Waals surface area contributed by atoms with Crippen molar-refractivity contribution >= 4 is 16.5 Å². The van der Waals surface area contributed by atoms with E-state index in [1.54, 1.807) is 11.3 Å². The molecule has 4 nitrogen and oxygen atoms in total. The Morgan fingerprint density at radius 1 is 1.44 bits per heavy atom. The summed E-state index contributed by atoms with van der Waals surface area (Å²) in [5.74, 6) is 0. The van der Waals surface area contributed by atoms with Crippen molar-refractivity contribution in [3.05, 3.63) is 11.1 Å². The molecule has 1 aromatic heterocycles. The maximum Gasteiger partial charge on any atom is 0.185 e. The molecule has 0 bridgehead atoms. The van der Waals surface area contributed by atoms with Crippen molar-refractivity contribution in [3.8, 4) is 0 Å². The standard InChI is InChI=1S/C13H23N3OS/c1-3-16(4-2)12-15-8-11(18-12)7-14-9-13(10-17)5-6-13/h8,14,17H,3-7,9-10H2,1-2H3. The van der Waals surface area contributed by atoms with E-state index in [4.69, 9.17) is 0 Å². The Labute approximate surface area is 113 Å². The Hall–Kier alpha value is -0.650. The highest BCUT2D eigenvalue weighted by Crippen LogP contribution is 2.44. The average molecular weight is 269 g/mol. The molecule has 0 atom stereocenters. The summed E-state index contributed by atoms with van der Waals surface area (Å²) in [7, 11) is 0. The number of nitrogens with zero attached hydrogens (tertiary/aromatic N) is 2. The van der Waals surface area contributed by atoms with E-state index >= 15 is 0 Å². The molecule has 0 radical (unpaired) electrons. The molecular weight excluding hydrogens is 246 g/mol. The van der Waals surface area contributed by atoms with E-state index in [2.05, 4.69) is 29.0 Å². The largest absolute Gasteiger partial charge is 0.396 e. The topological polar surface area (TPSA) is 48.4 Å². The molecule has 0 spiro atoms. The van der Waals surface area contributed by atoms with Gasteiger partial charge in [0.25, 0.3) is 0 Å². The fourth-order valence-corrected chi connectivity index (χ4v) is 3.04. The van der Waals surface area contributed by atoms with E-state index < -0.39 is 0 Å². The summed E-state index contributed by atoms with van der Waals surface area (Å²) in [6.07, 6.45) is 4.28. The second kappa shape index (κ2) is 5.99. The van der Waals surface area contributed by atoms with Gasteiger partial charge in [0.1, 0.15) is 0 Å².